The number of ketones is 1. The molecule has 0 aliphatic heterocycles. The maximum atomic E-state index is 13.3. The molecule has 0 bridgehead atoms. The van der Waals surface area contributed by atoms with Crippen molar-refractivity contribution in [3.8, 4) is 0 Å². The molecular weight excluding hydrogens is 317 g/mol. The third-order valence-electron chi connectivity index (χ3n) is 3.33. The largest absolute Gasteiger partial charge is 0.465 e. The van der Waals surface area contributed by atoms with Crippen LogP contribution in [0, 0.1) is 15.9 Å². The fraction of sp³-hybridized carbons (Fsp3) is 0.176. The van der Waals surface area contributed by atoms with E-state index in [0.29, 0.717) is 0 Å². The van der Waals surface area contributed by atoms with Crippen LogP contribution >= 0.6 is 0 Å². The number of carbonyl (C=O) groups excluding carboxylic acids is 2. The van der Waals surface area contributed by atoms with E-state index in [2.05, 4.69) is 0 Å². The first-order valence-electron chi connectivity index (χ1n) is 7.14. The average molecular weight is 331 g/mol. The number of rotatable bonds is 6. The molecule has 0 N–H and O–H groups in total. The number of nitrogens with zero attached hydrogens (tertiary/aromatic N) is 1. The second-order valence-electron chi connectivity index (χ2n) is 4.91. The van der Waals surface area contributed by atoms with Crippen LogP contribution < -0.4 is 0 Å². The Hall–Kier alpha value is -3.09. The highest BCUT2D eigenvalue weighted by Gasteiger charge is 2.31. The number of hydrogen-bond donors (Lipinski definition) is 0. The number of carbonyl (C=O) groups is 2. The molecular formula is C17H14FNO5. The summed E-state index contributed by atoms with van der Waals surface area (Å²) in [6.45, 7) is 1.66. The van der Waals surface area contributed by atoms with Crippen molar-refractivity contribution in [1.29, 1.82) is 0 Å². The Bertz CT molecular complexity index is 773. The van der Waals surface area contributed by atoms with E-state index in [0.717, 1.165) is 6.07 Å². The first kappa shape index (κ1) is 17.3. The van der Waals surface area contributed by atoms with Gasteiger partial charge in [0.15, 0.2) is 5.78 Å². The summed E-state index contributed by atoms with van der Waals surface area (Å²) in [5, 5.41) is 10.7. The fourth-order valence-electron chi connectivity index (χ4n) is 2.22. The molecule has 0 radical (unpaired) electrons. The summed E-state index contributed by atoms with van der Waals surface area (Å²) in [7, 11) is 0. The lowest BCUT2D eigenvalue weighted by Gasteiger charge is -2.15. The van der Waals surface area contributed by atoms with E-state index in [1.54, 1.807) is 6.92 Å². The van der Waals surface area contributed by atoms with Gasteiger partial charge in [0.1, 0.15) is 11.7 Å². The molecule has 2 rings (SSSR count). The summed E-state index contributed by atoms with van der Waals surface area (Å²) < 4.78 is 18.3. The molecule has 0 aliphatic carbocycles. The first-order valence-corrected chi connectivity index (χ1v) is 7.14. The van der Waals surface area contributed by atoms with Crippen LogP contribution in [-0.2, 0) is 9.53 Å². The standard InChI is InChI=1S/C17H14FNO5/c1-2-24-17(21)15(11-6-8-14(9-7-11)19(22)23)16(20)12-4-3-5-13(18)10-12/h3-10,15H,2H2,1H3. The van der Waals surface area contributed by atoms with Gasteiger partial charge in [0.05, 0.1) is 11.5 Å². The van der Waals surface area contributed by atoms with Crippen LogP contribution in [0.1, 0.15) is 28.8 Å². The molecule has 7 heteroatoms. The predicted octanol–water partition coefficient (Wildman–Crippen LogP) is 3.26. The summed E-state index contributed by atoms with van der Waals surface area (Å²) in [4.78, 5) is 35.0. The molecule has 0 saturated carbocycles. The van der Waals surface area contributed by atoms with Crippen molar-refractivity contribution >= 4 is 17.4 Å². The van der Waals surface area contributed by atoms with Crippen LogP contribution in [0.5, 0.6) is 0 Å². The number of benzene rings is 2. The van der Waals surface area contributed by atoms with Gasteiger partial charge in [-0.05, 0) is 24.6 Å². The van der Waals surface area contributed by atoms with E-state index in [-0.39, 0.29) is 23.4 Å². The van der Waals surface area contributed by atoms with Gasteiger partial charge in [-0.15, -0.1) is 0 Å². The van der Waals surface area contributed by atoms with Crippen LogP contribution in [0.15, 0.2) is 48.5 Å². The van der Waals surface area contributed by atoms with Gasteiger partial charge < -0.3 is 4.74 Å². The van der Waals surface area contributed by atoms with Crippen molar-refractivity contribution in [3.63, 3.8) is 0 Å². The molecule has 124 valence electrons. The van der Waals surface area contributed by atoms with Crippen molar-refractivity contribution in [3.05, 3.63) is 75.6 Å². The Balaban J connectivity index is 2.42. The molecule has 0 aliphatic rings. The maximum Gasteiger partial charge on any atom is 0.321 e. The maximum absolute atomic E-state index is 13.3. The lowest BCUT2D eigenvalue weighted by atomic mass is 9.90. The second-order valence-corrected chi connectivity index (χ2v) is 4.91. The molecule has 0 spiro atoms. The summed E-state index contributed by atoms with van der Waals surface area (Å²) in [6.07, 6.45) is 0. The smallest absolute Gasteiger partial charge is 0.321 e. The molecule has 0 amide bonds. The van der Waals surface area contributed by atoms with E-state index < -0.39 is 28.4 Å². The minimum Gasteiger partial charge on any atom is -0.465 e. The highest BCUT2D eigenvalue weighted by Crippen LogP contribution is 2.25. The molecule has 2 aromatic rings. The van der Waals surface area contributed by atoms with Gasteiger partial charge in [-0.1, -0.05) is 24.3 Å². The molecule has 0 saturated heterocycles. The second kappa shape index (κ2) is 7.45. The highest BCUT2D eigenvalue weighted by molar-refractivity contribution is 6.13. The summed E-state index contributed by atoms with van der Waals surface area (Å²) >= 11 is 0. The minimum absolute atomic E-state index is 0.0198. The number of hydrogen-bond acceptors (Lipinski definition) is 5. The molecule has 0 aromatic heterocycles. The van der Waals surface area contributed by atoms with E-state index in [1.165, 1.54) is 42.5 Å². The zero-order chi connectivity index (χ0) is 17.7. The number of nitro benzene ring substituents is 1. The fourth-order valence-corrected chi connectivity index (χ4v) is 2.22. The Kier molecular flexibility index (Phi) is 5.36. The number of esters is 1. The molecule has 2 aromatic carbocycles. The number of halogens is 1. The normalized spacial score (nSPS) is 11.6. The van der Waals surface area contributed by atoms with Crippen LogP contribution in [0.4, 0.5) is 10.1 Å². The molecule has 6 nitrogen and oxygen atoms in total. The van der Waals surface area contributed by atoms with Crippen molar-refractivity contribution < 1.29 is 23.6 Å². The third kappa shape index (κ3) is 3.81. The van der Waals surface area contributed by atoms with Crippen LogP contribution in [0.3, 0.4) is 0 Å². The van der Waals surface area contributed by atoms with Crippen molar-refractivity contribution in [2.24, 2.45) is 0 Å². The number of nitro groups is 1. The number of Topliss-reactive ketones (excluding diaryl/α,β-unsaturated/α-hetero) is 1. The van der Waals surface area contributed by atoms with E-state index in [9.17, 15) is 24.1 Å². The molecule has 24 heavy (non-hydrogen) atoms. The van der Waals surface area contributed by atoms with Crippen molar-refractivity contribution in [2.45, 2.75) is 12.8 Å². The minimum atomic E-state index is -1.31. The van der Waals surface area contributed by atoms with Crippen LogP contribution in [-0.4, -0.2) is 23.3 Å². The third-order valence-corrected chi connectivity index (χ3v) is 3.33. The SMILES string of the molecule is CCOC(=O)C(C(=O)c1cccc(F)c1)c1ccc([N+](=O)[O-])cc1. The lowest BCUT2D eigenvalue weighted by molar-refractivity contribution is -0.384. The van der Waals surface area contributed by atoms with Gasteiger partial charge in [0, 0.05) is 17.7 Å². The Morgan fingerprint density at radius 1 is 1.21 bits per heavy atom. The Morgan fingerprint density at radius 3 is 2.42 bits per heavy atom. The van der Waals surface area contributed by atoms with Gasteiger partial charge in [-0.2, -0.15) is 0 Å². The van der Waals surface area contributed by atoms with Crippen LogP contribution in [0.25, 0.3) is 0 Å². The lowest BCUT2D eigenvalue weighted by Crippen LogP contribution is -2.24. The predicted molar refractivity (Wildman–Crippen MR) is 83.2 cm³/mol. The molecule has 0 fully saturated rings. The topological polar surface area (TPSA) is 86.5 Å². The number of non-ortho nitro benzene ring substituents is 1. The van der Waals surface area contributed by atoms with Gasteiger partial charge in [0.25, 0.3) is 5.69 Å². The zero-order valence-corrected chi connectivity index (χ0v) is 12.8. The van der Waals surface area contributed by atoms with Crippen LogP contribution in [0.2, 0.25) is 0 Å². The van der Waals surface area contributed by atoms with E-state index >= 15 is 0 Å². The molecule has 0 heterocycles. The Morgan fingerprint density at radius 2 is 1.88 bits per heavy atom. The zero-order valence-electron chi connectivity index (χ0n) is 12.8. The van der Waals surface area contributed by atoms with Gasteiger partial charge in [-0.25, -0.2) is 4.39 Å². The van der Waals surface area contributed by atoms with E-state index in [1.807, 2.05) is 0 Å². The summed E-state index contributed by atoms with van der Waals surface area (Å²) in [5.74, 6) is -3.35. The first-order chi connectivity index (χ1) is 11.4. The van der Waals surface area contributed by atoms with Gasteiger partial charge in [-0.3, -0.25) is 19.7 Å². The van der Waals surface area contributed by atoms with Gasteiger partial charge >= 0.3 is 5.97 Å². The molecule has 1 unspecified atom stereocenters. The average Bonchev–Trinajstić information content (AvgIpc) is 2.55. The summed E-state index contributed by atoms with van der Waals surface area (Å²) in [5.41, 5.74) is 0.0966. The summed E-state index contributed by atoms with van der Waals surface area (Å²) in [6, 6.07) is 9.99. The Labute approximate surface area is 137 Å². The van der Waals surface area contributed by atoms with Gasteiger partial charge in [0.2, 0.25) is 0 Å². The molecule has 1 atom stereocenters. The number of ether oxygens (including phenoxy) is 1. The highest BCUT2D eigenvalue weighted by atomic mass is 19.1. The quantitative estimate of drug-likeness (QED) is 0.267. The van der Waals surface area contributed by atoms with Crippen molar-refractivity contribution in [1.82, 2.24) is 0 Å². The monoisotopic (exact) mass is 331 g/mol. The van der Waals surface area contributed by atoms with Crippen molar-refractivity contribution in [2.75, 3.05) is 6.61 Å². The van der Waals surface area contributed by atoms with E-state index in [4.69, 9.17) is 4.74 Å².